The van der Waals surface area contributed by atoms with Crippen molar-refractivity contribution in [3.05, 3.63) is 40.4 Å². The fourth-order valence-corrected chi connectivity index (χ4v) is 6.96. The fraction of sp³-hybridized carbons (Fsp3) is 0.500. The minimum Gasteiger partial charge on any atom is -0.353 e. The summed E-state index contributed by atoms with van der Waals surface area (Å²) in [6.45, 7) is 3.82. The molecule has 0 radical (unpaired) electrons. The van der Waals surface area contributed by atoms with Gasteiger partial charge in [0.2, 0.25) is 5.91 Å². The summed E-state index contributed by atoms with van der Waals surface area (Å²) in [5.41, 5.74) is 0. The standard InChI is InChI=1S/C20H25ClN4O3S2/c21-16-4-6-18(22-15-16)23-10-12-24(13-11-23)19(26)14-17-5-7-20(29-17)30(27,28)25-8-2-1-3-9-25/h4-7,15H,1-3,8-14H2. The Morgan fingerprint density at radius 2 is 1.73 bits per heavy atom. The molecular formula is C20H25ClN4O3S2. The van der Waals surface area contributed by atoms with E-state index in [-0.39, 0.29) is 12.3 Å². The van der Waals surface area contributed by atoms with Crippen LogP contribution in [0.15, 0.2) is 34.7 Å². The molecule has 2 aromatic rings. The first-order valence-corrected chi connectivity index (χ1v) is 12.8. The third-order valence-electron chi connectivity index (χ3n) is 5.54. The van der Waals surface area contributed by atoms with Crippen LogP contribution in [-0.4, -0.2) is 67.8 Å². The number of hydrogen-bond donors (Lipinski definition) is 0. The molecule has 2 aromatic heterocycles. The van der Waals surface area contributed by atoms with E-state index >= 15 is 0 Å². The van der Waals surface area contributed by atoms with E-state index in [2.05, 4.69) is 9.88 Å². The number of piperidine rings is 1. The summed E-state index contributed by atoms with van der Waals surface area (Å²) in [7, 11) is -3.44. The van der Waals surface area contributed by atoms with Crippen LogP contribution in [-0.2, 0) is 21.2 Å². The topological polar surface area (TPSA) is 73.8 Å². The molecule has 0 N–H and O–H groups in total. The normalized spacial score (nSPS) is 18.6. The van der Waals surface area contributed by atoms with Crippen molar-refractivity contribution in [2.45, 2.75) is 29.9 Å². The molecule has 2 saturated heterocycles. The fourth-order valence-electron chi connectivity index (χ4n) is 3.83. The average Bonchev–Trinajstić information content (AvgIpc) is 3.24. The number of pyridine rings is 1. The second-order valence-corrected chi connectivity index (χ2v) is 11.3. The van der Waals surface area contributed by atoms with Crippen molar-refractivity contribution >= 4 is 44.7 Å². The number of piperazine rings is 1. The van der Waals surface area contributed by atoms with Crippen molar-refractivity contribution < 1.29 is 13.2 Å². The molecule has 0 bridgehead atoms. The van der Waals surface area contributed by atoms with Crippen LogP contribution < -0.4 is 4.90 Å². The van der Waals surface area contributed by atoms with Gasteiger partial charge in [-0.25, -0.2) is 13.4 Å². The summed E-state index contributed by atoms with van der Waals surface area (Å²) in [6.07, 6.45) is 4.76. The molecule has 162 valence electrons. The Balaban J connectivity index is 1.33. The molecule has 2 aliphatic rings. The maximum absolute atomic E-state index is 12.8. The molecule has 0 aliphatic carbocycles. The number of anilines is 1. The zero-order chi connectivity index (χ0) is 21.1. The number of thiophene rings is 1. The smallest absolute Gasteiger partial charge is 0.252 e. The van der Waals surface area contributed by atoms with Gasteiger partial charge < -0.3 is 9.80 Å². The van der Waals surface area contributed by atoms with Gasteiger partial charge in [-0.05, 0) is 37.1 Å². The Labute approximate surface area is 186 Å². The lowest BCUT2D eigenvalue weighted by molar-refractivity contribution is -0.130. The summed E-state index contributed by atoms with van der Waals surface area (Å²) < 4.78 is 27.5. The number of nitrogens with zero attached hydrogens (tertiary/aromatic N) is 4. The highest BCUT2D eigenvalue weighted by atomic mass is 35.5. The van der Waals surface area contributed by atoms with Crippen molar-refractivity contribution in [1.82, 2.24) is 14.2 Å². The predicted molar refractivity (Wildman–Crippen MR) is 119 cm³/mol. The lowest BCUT2D eigenvalue weighted by Gasteiger charge is -2.35. The molecule has 0 saturated carbocycles. The van der Waals surface area contributed by atoms with Crippen LogP contribution in [0.25, 0.3) is 0 Å². The van der Waals surface area contributed by atoms with E-state index in [0.29, 0.717) is 48.5 Å². The van der Waals surface area contributed by atoms with Gasteiger partial charge in [0.25, 0.3) is 10.0 Å². The van der Waals surface area contributed by atoms with Crippen molar-refractivity contribution in [2.75, 3.05) is 44.2 Å². The van der Waals surface area contributed by atoms with Gasteiger partial charge in [0, 0.05) is 50.3 Å². The highest BCUT2D eigenvalue weighted by Crippen LogP contribution is 2.27. The number of halogens is 1. The van der Waals surface area contributed by atoms with Crippen molar-refractivity contribution in [1.29, 1.82) is 0 Å². The van der Waals surface area contributed by atoms with E-state index in [9.17, 15) is 13.2 Å². The quantitative estimate of drug-likeness (QED) is 0.674. The molecule has 0 atom stereocenters. The summed E-state index contributed by atoms with van der Waals surface area (Å²) in [6, 6.07) is 7.11. The van der Waals surface area contributed by atoms with Gasteiger partial charge in [0.15, 0.2) is 0 Å². The van der Waals surface area contributed by atoms with Crippen molar-refractivity contribution in [3.63, 3.8) is 0 Å². The molecule has 1 amide bonds. The van der Waals surface area contributed by atoms with Crippen LogP contribution in [0.1, 0.15) is 24.1 Å². The highest BCUT2D eigenvalue weighted by molar-refractivity contribution is 7.91. The lowest BCUT2D eigenvalue weighted by Crippen LogP contribution is -2.49. The Bertz CT molecular complexity index is 980. The van der Waals surface area contributed by atoms with Gasteiger partial charge >= 0.3 is 0 Å². The van der Waals surface area contributed by atoms with Crippen LogP contribution >= 0.6 is 22.9 Å². The largest absolute Gasteiger partial charge is 0.353 e. The number of amides is 1. The Morgan fingerprint density at radius 3 is 2.40 bits per heavy atom. The Morgan fingerprint density at radius 1 is 1.00 bits per heavy atom. The third kappa shape index (κ3) is 4.80. The maximum atomic E-state index is 12.8. The first-order chi connectivity index (χ1) is 14.4. The van der Waals surface area contributed by atoms with Gasteiger partial charge in [0.05, 0.1) is 11.4 Å². The molecule has 10 heteroatoms. The van der Waals surface area contributed by atoms with Crippen LogP contribution in [0.2, 0.25) is 5.02 Å². The molecule has 4 rings (SSSR count). The van der Waals surface area contributed by atoms with Crippen molar-refractivity contribution in [2.24, 2.45) is 0 Å². The minimum atomic E-state index is -3.44. The average molecular weight is 469 g/mol. The molecule has 4 heterocycles. The monoisotopic (exact) mass is 468 g/mol. The lowest BCUT2D eigenvalue weighted by atomic mass is 10.2. The van der Waals surface area contributed by atoms with E-state index in [1.54, 1.807) is 22.6 Å². The van der Waals surface area contributed by atoms with Crippen LogP contribution in [0.3, 0.4) is 0 Å². The van der Waals surface area contributed by atoms with Crippen molar-refractivity contribution in [3.8, 4) is 0 Å². The minimum absolute atomic E-state index is 0.0301. The number of carbonyl (C=O) groups is 1. The number of aromatic nitrogens is 1. The number of sulfonamides is 1. The second kappa shape index (κ2) is 9.21. The second-order valence-electron chi connectivity index (χ2n) is 7.56. The van der Waals surface area contributed by atoms with Gasteiger partial charge in [-0.3, -0.25) is 4.79 Å². The summed E-state index contributed by atoms with van der Waals surface area (Å²) >= 11 is 7.11. The van der Waals surface area contributed by atoms with E-state index in [1.165, 1.54) is 11.3 Å². The van der Waals surface area contributed by atoms with E-state index in [1.807, 2.05) is 17.0 Å². The van der Waals surface area contributed by atoms with Crippen LogP contribution in [0.4, 0.5) is 5.82 Å². The first-order valence-electron chi connectivity index (χ1n) is 10.2. The molecule has 2 fully saturated rings. The number of rotatable bonds is 5. The van der Waals surface area contributed by atoms with Gasteiger partial charge in [-0.2, -0.15) is 4.31 Å². The predicted octanol–water partition coefficient (Wildman–Crippen LogP) is 2.86. The summed E-state index contributed by atoms with van der Waals surface area (Å²) in [5, 5.41) is 0.602. The molecule has 0 aromatic carbocycles. The van der Waals surface area contributed by atoms with Gasteiger partial charge in [-0.1, -0.05) is 18.0 Å². The summed E-state index contributed by atoms with van der Waals surface area (Å²) in [5.74, 6) is 0.889. The maximum Gasteiger partial charge on any atom is 0.252 e. The number of hydrogen-bond acceptors (Lipinski definition) is 6. The zero-order valence-electron chi connectivity index (χ0n) is 16.7. The Kier molecular flexibility index (Phi) is 6.62. The van der Waals surface area contributed by atoms with Crippen LogP contribution in [0.5, 0.6) is 0 Å². The highest BCUT2D eigenvalue weighted by Gasteiger charge is 2.28. The van der Waals surface area contributed by atoms with Crippen LogP contribution in [0, 0.1) is 0 Å². The molecule has 0 spiro atoms. The molecule has 7 nitrogen and oxygen atoms in total. The SMILES string of the molecule is O=C(Cc1ccc(S(=O)(=O)N2CCCCC2)s1)N1CCN(c2ccc(Cl)cn2)CC1. The Hall–Kier alpha value is -1.68. The van der Waals surface area contributed by atoms with E-state index in [0.717, 1.165) is 30.0 Å². The first kappa shape index (κ1) is 21.5. The van der Waals surface area contributed by atoms with E-state index < -0.39 is 10.0 Å². The molecule has 30 heavy (non-hydrogen) atoms. The number of carbonyl (C=O) groups excluding carboxylic acids is 1. The summed E-state index contributed by atoms with van der Waals surface area (Å²) in [4.78, 5) is 21.8. The zero-order valence-corrected chi connectivity index (χ0v) is 19.1. The van der Waals surface area contributed by atoms with Gasteiger partial charge in [0.1, 0.15) is 10.0 Å². The molecule has 2 aliphatic heterocycles. The van der Waals surface area contributed by atoms with E-state index in [4.69, 9.17) is 11.6 Å². The molecule has 0 unspecified atom stereocenters. The third-order valence-corrected chi connectivity index (χ3v) is 9.21. The van der Waals surface area contributed by atoms with Gasteiger partial charge in [-0.15, -0.1) is 11.3 Å². The molecular weight excluding hydrogens is 444 g/mol.